The second-order valence-electron chi connectivity index (χ2n) is 19.3. The quantitative estimate of drug-likeness (QED) is 0.0206. The van der Waals surface area contributed by atoms with Crippen LogP contribution in [0.2, 0.25) is 0 Å². The van der Waals surface area contributed by atoms with Crippen molar-refractivity contribution in [2.45, 2.75) is 248 Å². The molecule has 2 rings (SSSR count). The van der Waals surface area contributed by atoms with Crippen LogP contribution in [0.5, 0.6) is 0 Å². The minimum atomic E-state index is -1.79. The summed E-state index contributed by atoms with van der Waals surface area (Å²) in [4.78, 5) is 13.2. The number of aliphatic hydroxyl groups excluding tert-OH is 8. The fourth-order valence-electron chi connectivity index (χ4n) is 8.48. The zero-order chi connectivity index (χ0) is 53.2. The molecule has 12 unspecified atom stereocenters. The van der Waals surface area contributed by atoms with E-state index in [1.807, 2.05) is 6.08 Å². The number of aliphatic hydroxyl groups is 8. The van der Waals surface area contributed by atoms with Crippen molar-refractivity contribution >= 4 is 5.91 Å². The van der Waals surface area contributed by atoms with E-state index in [0.717, 1.165) is 83.5 Å². The molecule has 418 valence electrons. The number of amides is 1. The van der Waals surface area contributed by atoms with Gasteiger partial charge in [-0.15, -0.1) is 0 Å². The van der Waals surface area contributed by atoms with Gasteiger partial charge < -0.3 is 65.1 Å². The third kappa shape index (κ3) is 30.3. The molecule has 1 amide bonds. The van der Waals surface area contributed by atoms with Gasteiger partial charge in [0, 0.05) is 6.42 Å². The van der Waals surface area contributed by atoms with Crippen LogP contribution in [0.15, 0.2) is 97.2 Å². The molecule has 0 saturated carbocycles. The number of nitrogens with one attached hydrogen (secondary N) is 1. The first-order valence-corrected chi connectivity index (χ1v) is 28.0. The molecule has 0 aliphatic carbocycles. The van der Waals surface area contributed by atoms with Gasteiger partial charge in [0.1, 0.15) is 48.8 Å². The molecule has 0 radical (unpaired) electrons. The Bertz CT molecular complexity index is 1590. The smallest absolute Gasteiger partial charge is 0.220 e. The molecule has 0 aromatic heterocycles. The molecule has 14 heteroatoms. The lowest BCUT2D eigenvalue weighted by molar-refractivity contribution is -0.359. The third-order valence-corrected chi connectivity index (χ3v) is 13.0. The lowest BCUT2D eigenvalue weighted by Gasteiger charge is -2.46. The van der Waals surface area contributed by atoms with Gasteiger partial charge >= 0.3 is 0 Å². The van der Waals surface area contributed by atoms with Crippen LogP contribution in [0.1, 0.15) is 174 Å². The van der Waals surface area contributed by atoms with Crippen molar-refractivity contribution in [2.75, 3.05) is 19.8 Å². The predicted octanol–water partition coefficient (Wildman–Crippen LogP) is 8.71. The summed E-state index contributed by atoms with van der Waals surface area (Å²) in [6, 6.07) is -0.938. The minimum absolute atomic E-state index is 0.261. The number of rotatable bonds is 42. The second-order valence-corrected chi connectivity index (χ2v) is 19.3. The van der Waals surface area contributed by atoms with Gasteiger partial charge in [0.05, 0.1) is 32.0 Å². The first-order chi connectivity index (χ1) is 35.6. The van der Waals surface area contributed by atoms with Gasteiger partial charge in [-0.2, -0.15) is 0 Å². The first kappa shape index (κ1) is 66.0. The maximum atomic E-state index is 13.2. The lowest BCUT2D eigenvalue weighted by Crippen LogP contribution is -2.65. The van der Waals surface area contributed by atoms with E-state index in [0.29, 0.717) is 12.8 Å². The van der Waals surface area contributed by atoms with Gasteiger partial charge in [0.2, 0.25) is 5.91 Å². The van der Waals surface area contributed by atoms with Crippen LogP contribution in [0, 0.1) is 0 Å². The Morgan fingerprint density at radius 3 is 1.51 bits per heavy atom. The van der Waals surface area contributed by atoms with Gasteiger partial charge in [-0.25, -0.2) is 0 Å². The largest absolute Gasteiger partial charge is 0.394 e. The fraction of sp³-hybridized carbons (Fsp3) is 0.712. The molecule has 2 heterocycles. The summed E-state index contributed by atoms with van der Waals surface area (Å²) in [7, 11) is 0. The zero-order valence-electron chi connectivity index (χ0n) is 44.6. The van der Waals surface area contributed by atoms with Crippen molar-refractivity contribution in [3.8, 4) is 0 Å². The number of unbranched alkanes of at least 4 members (excludes halogenated alkanes) is 15. The van der Waals surface area contributed by atoms with Crippen molar-refractivity contribution < 1.29 is 64.6 Å². The van der Waals surface area contributed by atoms with Gasteiger partial charge in [-0.05, 0) is 83.5 Å². The van der Waals surface area contributed by atoms with Crippen molar-refractivity contribution in [3.05, 3.63) is 97.2 Å². The number of hydrogen-bond acceptors (Lipinski definition) is 13. The van der Waals surface area contributed by atoms with Crippen molar-refractivity contribution in [1.29, 1.82) is 0 Å². The molecular weight excluding hydrogens is 931 g/mol. The Labute approximate surface area is 439 Å². The molecule has 2 saturated heterocycles. The summed E-state index contributed by atoms with van der Waals surface area (Å²) < 4.78 is 22.7. The van der Waals surface area contributed by atoms with Gasteiger partial charge in [0.25, 0.3) is 0 Å². The Kier molecular flexibility index (Phi) is 39.9. The van der Waals surface area contributed by atoms with E-state index in [2.05, 4.69) is 104 Å². The van der Waals surface area contributed by atoms with Crippen LogP contribution in [-0.4, -0.2) is 140 Å². The Hall–Kier alpha value is -3.09. The van der Waals surface area contributed by atoms with Crippen LogP contribution in [0.4, 0.5) is 0 Å². The molecule has 12 atom stereocenters. The van der Waals surface area contributed by atoms with Gasteiger partial charge in [-0.3, -0.25) is 4.79 Å². The third-order valence-electron chi connectivity index (χ3n) is 13.0. The molecule has 2 fully saturated rings. The summed E-state index contributed by atoms with van der Waals surface area (Å²) in [5.41, 5.74) is 0. The first-order valence-electron chi connectivity index (χ1n) is 28.0. The molecule has 9 N–H and O–H groups in total. The molecule has 0 aromatic rings. The molecule has 2 aliphatic heterocycles. The molecule has 0 bridgehead atoms. The maximum Gasteiger partial charge on any atom is 0.220 e. The average molecular weight is 1030 g/mol. The van der Waals surface area contributed by atoms with Gasteiger partial charge in [-0.1, -0.05) is 182 Å². The minimum Gasteiger partial charge on any atom is -0.394 e. The highest BCUT2D eigenvalue weighted by Gasteiger charge is 2.51. The number of carbonyl (C=O) groups excluding carboxylic acids is 1. The topological polar surface area (TPSA) is 228 Å². The van der Waals surface area contributed by atoms with Crippen molar-refractivity contribution in [2.24, 2.45) is 0 Å². The lowest BCUT2D eigenvalue weighted by atomic mass is 9.97. The highest BCUT2D eigenvalue weighted by Crippen LogP contribution is 2.30. The van der Waals surface area contributed by atoms with Crippen LogP contribution in [0.3, 0.4) is 0 Å². The number of allylic oxidation sites excluding steroid dienone is 15. The summed E-state index contributed by atoms with van der Waals surface area (Å²) in [5, 5.41) is 86.7. The van der Waals surface area contributed by atoms with Crippen LogP contribution >= 0.6 is 0 Å². The Morgan fingerprint density at radius 1 is 0.507 bits per heavy atom. The molecular formula is C59H99NO13. The number of carbonyl (C=O) groups is 1. The highest BCUT2D eigenvalue weighted by molar-refractivity contribution is 5.76. The van der Waals surface area contributed by atoms with E-state index in [1.165, 1.54) is 57.8 Å². The number of hydrogen-bond donors (Lipinski definition) is 9. The van der Waals surface area contributed by atoms with Crippen LogP contribution < -0.4 is 5.32 Å². The summed E-state index contributed by atoms with van der Waals surface area (Å²) in [6.45, 7) is 2.59. The van der Waals surface area contributed by atoms with E-state index in [1.54, 1.807) is 6.08 Å². The summed E-state index contributed by atoms with van der Waals surface area (Å²) >= 11 is 0. The van der Waals surface area contributed by atoms with E-state index >= 15 is 0 Å². The molecule has 73 heavy (non-hydrogen) atoms. The van der Waals surface area contributed by atoms with Gasteiger partial charge in [0.15, 0.2) is 12.6 Å². The molecule has 2 aliphatic rings. The van der Waals surface area contributed by atoms with Crippen LogP contribution in [0.25, 0.3) is 0 Å². The van der Waals surface area contributed by atoms with Crippen molar-refractivity contribution in [3.63, 3.8) is 0 Å². The number of ether oxygens (including phenoxy) is 4. The predicted molar refractivity (Wildman–Crippen MR) is 290 cm³/mol. The SMILES string of the molecule is CC/C=C\C/C=C\C/C=C\C/C=C\C/C=C\C/C=C\CCCCCCCCCCCCC(=O)NC(COC1OC(CO)C(OC2OC(CO)C(O)C(O)C2O)C(O)C1O)C(O)/C=C/CC/C=C/CCCCCC. The van der Waals surface area contributed by atoms with E-state index < -0.39 is 86.8 Å². The van der Waals surface area contributed by atoms with Crippen molar-refractivity contribution in [1.82, 2.24) is 5.32 Å². The fourth-order valence-corrected chi connectivity index (χ4v) is 8.48. The van der Waals surface area contributed by atoms with Crippen LogP contribution in [-0.2, 0) is 23.7 Å². The van der Waals surface area contributed by atoms with E-state index in [9.17, 15) is 45.6 Å². The average Bonchev–Trinajstić information content (AvgIpc) is 3.39. The maximum absolute atomic E-state index is 13.2. The van der Waals surface area contributed by atoms with E-state index in [-0.39, 0.29) is 18.9 Å². The normalized spacial score (nSPS) is 26.2. The second kappa shape index (κ2) is 44.1. The highest BCUT2D eigenvalue weighted by atomic mass is 16.7. The molecule has 14 nitrogen and oxygen atoms in total. The summed E-state index contributed by atoms with van der Waals surface area (Å²) in [6.07, 6.45) is 43.2. The summed E-state index contributed by atoms with van der Waals surface area (Å²) in [5.74, 6) is -0.262. The Morgan fingerprint density at radius 2 is 0.959 bits per heavy atom. The Balaban J connectivity index is 1.70. The van der Waals surface area contributed by atoms with E-state index in [4.69, 9.17) is 18.9 Å². The standard InChI is InChI=1S/C59H99NO13/c1-3-5-7-9-11-13-15-16-17-18-19-20-21-22-23-24-25-26-27-28-29-30-31-32-33-35-37-39-41-43-51(64)60-47(48(63)42-40-38-36-34-14-12-10-8-6-4-2)46-70-58-56(69)54(67)57(50(45-62)72-58)73-59-55(68)53(66)52(65)49(44-61)71-59/h5,7,11,13-14,16-17,19-20,22-23,25-26,34,40,42,47-50,52-59,61-63,65-69H,3-4,6,8-10,12,15,18,21,24,27-33,35-39,41,43-46H2,1-2H3,(H,60,64)/b7-5-,13-11-,17-16-,20-19-,23-22-,26-25-,34-14+,42-40+. The zero-order valence-corrected chi connectivity index (χ0v) is 44.6. The monoisotopic (exact) mass is 1030 g/mol. The molecule has 0 spiro atoms. The molecule has 0 aromatic carbocycles.